The minimum absolute atomic E-state index is 0.0899. The number of anilines is 1. The zero-order valence-corrected chi connectivity index (χ0v) is 13.5. The lowest BCUT2D eigenvalue weighted by Crippen LogP contribution is -2.17. The third-order valence-corrected chi connectivity index (χ3v) is 3.24. The highest BCUT2D eigenvalue weighted by molar-refractivity contribution is 6.02. The van der Waals surface area contributed by atoms with Crippen LogP contribution in [0.5, 0.6) is 5.75 Å². The molecule has 0 fully saturated rings. The van der Waals surface area contributed by atoms with Crippen LogP contribution in [0.25, 0.3) is 0 Å². The first-order valence-electron chi connectivity index (χ1n) is 7.35. The molecule has 2 rings (SSSR count). The van der Waals surface area contributed by atoms with Crippen LogP contribution in [0.1, 0.15) is 22.3 Å². The number of carbonyl (C=O) groups is 3. The Morgan fingerprint density at radius 2 is 2.00 bits per heavy atom. The average Bonchev–Trinajstić information content (AvgIpc) is 2.60. The quantitative estimate of drug-likeness (QED) is 0.474. The van der Waals surface area contributed by atoms with Crippen LogP contribution in [-0.4, -0.2) is 25.3 Å². The molecule has 2 aromatic rings. The second-order valence-corrected chi connectivity index (χ2v) is 5.09. The maximum Gasteiger partial charge on any atom is 0.315 e. The number of aldehydes is 1. The Morgan fingerprint density at radius 3 is 2.68 bits per heavy atom. The lowest BCUT2D eigenvalue weighted by Gasteiger charge is -2.11. The van der Waals surface area contributed by atoms with Crippen molar-refractivity contribution in [3.8, 4) is 5.75 Å². The van der Waals surface area contributed by atoms with Crippen LogP contribution >= 0.6 is 0 Å². The second-order valence-electron chi connectivity index (χ2n) is 5.09. The highest BCUT2D eigenvalue weighted by Crippen LogP contribution is 2.22. The summed E-state index contributed by atoms with van der Waals surface area (Å²) in [7, 11) is 1.19. The number of halogens is 1. The second kappa shape index (κ2) is 8.58. The van der Waals surface area contributed by atoms with Gasteiger partial charge in [0.15, 0.2) is 6.29 Å². The number of carbonyl (C=O) groups excluding carboxylic acids is 3. The molecular formula is C18H16FNO5. The first-order valence-corrected chi connectivity index (χ1v) is 7.35. The molecule has 1 N–H and O–H groups in total. The molecule has 6 nitrogen and oxygen atoms in total. The number of hydrogen-bond acceptors (Lipinski definition) is 5. The van der Waals surface area contributed by atoms with Gasteiger partial charge in [-0.3, -0.25) is 14.4 Å². The number of benzene rings is 2. The summed E-state index contributed by atoms with van der Waals surface area (Å²) in [4.78, 5) is 33.9. The number of ether oxygens (including phenoxy) is 2. The first-order chi connectivity index (χ1) is 12.0. The van der Waals surface area contributed by atoms with Gasteiger partial charge >= 0.3 is 5.97 Å². The number of amides is 1. The summed E-state index contributed by atoms with van der Waals surface area (Å²) in [5.41, 5.74) is 1.17. The number of nitrogens with one attached hydrogen (secondary N) is 1. The molecule has 0 aliphatic heterocycles. The van der Waals surface area contributed by atoms with E-state index in [1.807, 2.05) is 0 Å². The summed E-state index contributed by atoms with van der Waals surface area (Å²) in [6, 6.07) is 10.4. The van der Waals surface area contributed by atoms with Crippen molar-refractivity contribution in [2.24, 2.45) is 0 Å². The summed E-state index contributed by atoms with van der Waals surface area (Å²) in [5.74, 6) is -1.30. The average molecular weight is 345 g/mol. The number of hydrogen-bond donors (Lipinski definition) is 1. The fourth-order valence-corrected chi connectivity index (χ4v) is 2.05. The van der Waals surface area contributed by atoms with Gasteiger partial charge in [0.25, 0.3) is 0 Å². The van der Waals surface area contributed by atoms with Crippen LogP contribution < -0.4 is 10.1 Å². The Labute approximate surface area is 143 Å². The molecule has 0 spiro atoms. The van der Waals surface area contributed by atoms with E-state index in [2.05, 4.69) is 10.1 Å². The van der Waals surface area contributed by atoms with Crippen molar-refractivity contribution >= 4 is 23.9 Å². The highest BCUT2D eigenvalue weighted by atomic mass is 19.1. The van der Waals surface area contributed by atoms with E-state index in [0.29, 0.717) is 23.3 Å². The van der Waals surface area contributed by atoms with Crippen LogP contribution in [0.4, 0.5) is 10.1 Å². The Hall–Kier alpha value is -3.22. The maximum absolute atomic E-state index is 13.1. The number of esters is 1. The van der Waals surface area contributed by atoms with Gasteiger partial charge < -0.3 is 14.8 Å². The molecule has 7 heteroatoms. The smallest absolute Gasteiger partial charge is 0.315 e. The lowest BCUT2D eigenvalue weighted by atomic mass is 10.2. The Bertz CT molecular complexity index is 791. The zero-order valence-electron chi connectivity index (χ0n) is 13.5. The van der Waals surface area contributed by atoms with Crippen LogP contribution in [0, 0.1) is 5.82 Å². The normalized spacial score (nSPS) is 10.0. The fraction of sp³-hybridized carbons (Fsp3) is 0.167. The zero-order chi connectivity index (χ0) is 18.2. The monoisotopic (exact) mass is 345 g/mol. The van der Waals surface area contributed by atoms with E-state index in [1.54, 1.807) is 12.1 Å². The summed E-state index contributed by atoms with van der Waals surface area (Å²) in [6.07, 6.45) is 0.154. The van der Waals surface area contributed by atoms with Crippen LogP contribution in [-0.2, 0) is 20.9 Å². The van der Waals surface area contributed by atoms with Gasteiger partial charge in [-0.2, -0.15) is 0 Å². The van der Waals surface area contributed by atoms with Crippen molar-refractivity contribution in [1.82, 2.24) is 0 Å². The SMILES string of the molecule is COC(=O)CC(=O)Nc1ccc(OCc2cccc(F)c2)c(C=O)c1. The van der Waals surface area contributed by atoms with E-state index in [9.17, 15) is 18.8 Å². The molecule has 0 aromatic heterocycles. The van der Waals surface area contributed by atoms with E-state index in [1.165, 1.54) is 37.4 Å². The van der Waals surface area contributed by atoms with Gasteiger partial charge in [0.1, 0.15) is 24.6 Å². The van der Waals surface area contributed by atoms with E-state index < -0.39 is 18.3 Å². The van der Waals surface area contributed by atoms with Gasteiger partial charge in [-0.15, -0.1) is 0 Å². The van der Waals surface area contributed by atoms with Gasteiger partial charge in [0.2, 0.25) is 5.91 Å². The van der Waals surface area contributed by atoms with Crippen molar-refractivity contribution in [3.05, 3.63) is 59.4 Å². The molecule has 25 heavy (non-hydrogen) atoms. The molecule has 0 heterocycles. The van der Waals surface area contributed by atoms with Crippen molar-refractivity contribution in [3.63, 3.8) is 0 Å². The Kier molecular flexibility index (Phi) is 6.22. The largest absolute Gasteiger partial charge is 0.488 e. The summed E-state index contributed by atoms with van der Waals surface area (Å²) in [6.45, 7) is 0.0899. The predicted molar refractivity (Wildman–Crippen MR) is 87.8 cm³/mol. The highest BCUT2D eigenvalue weighted by Gasteiger charge is 2.11. The molecule has 0 saturated carbocycles. The molecule has 130 valence electrons. The fourth-order valence-electron chi connectivity index (χ4n) is 2.05. The van der Waals surface area contributed by atoms with E-state index in [4.69, 9.17) is 4.74 Å². The third-order valence-electron chi connectivity index (χ3n) is 3.24. The number of rotatable bonds is 7. The molecule has 0 unspecified atom stereocenters. The van der Waals surface area contributed by atoms with Gasteiger partial charge in [-0.05, 0) is 35.9 Å². The van der Waals surface area contributed by atoms with E-state index in [-0.39, 0.29) is 18.0 Å². The summed E-state index contributed by atoms with van der Waals surface area (Å²) < 4.78 is 23.1. The molecule has 0 aliphatic rings. The minimum atomic E-state index is -0.664. The maximum atomic E-state index is 13.1. The van der Waals surface area contributed by atoms with Crippen LogP contribution in [0.3, 0.4) is 0 Å². The molecular weight excluding hydrogens is 329 g/mol. The van der Waals surface area contributed by atoms with Crippen molar-refractivity contribution in [1.29, 1.82) is 0 Å². The first kappa shape index (κ1) is 18.1. The molecule has 0 atom stereocenters. The van der Waals surface area contributed by atoms with Gasteiger partial charge in [0.05, 0.1) is 12.7 Å². The predicted octanol–water partition coefficient (Wildman–Crippen LogP) is 2.72. The Morgan fingerprint density at radius 1 is 1.20 bits per heavy atom. The molecule has 1 amide bonds. The van der Waals surface area contributed by atoms with Gasteiger partial charge in [-0.25, -0.2) is 4.39 Å². The third kappa shape index (κ3) is 5.42. The summed E-state index contributed by atoms with van der Waals surface area (Å²) in [5, 5.41) is 2.49. The molecule has 0 saturated heterocycles. The van der Waals surface area contributed by atoms with E-state index >= 15 is 0 Å². The standard InChI is InChI=1S/C18H16FNO5/c1-24-18(23)9-17(22)20-15-5-6-16(13(8-15)10-21)25-11-12-3-2-4-14(19)7-12/h2-8,10H,9,11H2,1H3,(H,20,22). The molecule has 2 aromatic carbocycles. The van der Waals surface area contributed by atoms with Crippen LogP contribution in [0.15, 0.2) is 42.5 Å². The van der Waals surface area contributed by atoms with E-state index in [0.717, 1.165) is 0 Å². The summed E-state index contributed by atoms with van der Waals surface area (Å²) >= 11 is 0. The number of methoxy groups -OCH3 is 1. The van der Waals surface area contributed by atoms with Crippen molar-refractivity contribution in [2.45, 2.75) is 13.0 Å². The topological polar surface area (TPSA) is 81.7 Å². The lowest BCUT2D eigenvalue weighted by molar-refractivity contribution is -0.142. The molecule has 0 aliphatic carbocycles. The van der Waals surface area contributed by atoms with Crippen molar-refractivity contribution in [2.75, 3.05) is 12.4 Å². The molecule has 0 bridgehead atoms. The minimum Gasteiger partial charge on any atom is -0.488 e. The van der Waals surface area contributed by atoms with Gasteiger partial charge in [-0.1, -0.05) is 12.1 Å². The van der Waals surface area contributed by atoms with Gasteiger partial charge in [0, 0.05) is 5.69 Å². The molecule has 0 radical (unpaired) electrons. The van der Waals surface area contributed by atoms with Crippen molar-refractivity contribution < 1.29 is 28.2 Å². The Balaban J connectivity index is 2.04. The van der Waals surface area contributed by atoms with Crippen LogP contribution in [0.2, 0.25) is 0 Å².